The molecule has 0 aromatic heterocycles. The average molecular weight is 264 g/mol. The number of carbonyl (C=O) groups excluding carboxylic acids is 2. The highest BCUT2D eigenvalue weighted by Gasteiger charge is 2.09. The number of hydrogen-bond acceptors (Lipinski definition) is 4. The van der Waals surface area contributed by atoms with Crippen LogP contribution in [-0.4, -0.2) is 25.5 Å². The first-order valence-corrected chi connectivity index (χ1v) is 6.12. The Kier molecular flexibility index (Phi) is 5.51. The zero-order chi connectivity index (χ0) is 14.4. The minimum Gasteiger partial charge on any atom is -0.461 e. The minimum atomic E-state index is -0.304. The van der Waals surface area contributed by atoms with Gasteiger partial charge in [0.2, 0.25) is 5.91 Å². The van der Waals surface area contributed by atoms with E-state index in [4.69, 9.17) is 4.74 Å². The lowest BCUT2D eigenvalue weighted by atomic mass is 10.0. The van der Waals surface area contributed by atoms with Gasteiger partial charge in [-0.1, -0.05) is 12.1 Å². The number of esters is 1. The molecule has 0 aliphatic carbocycles. The van der Waals surface area contributed by atoms with E-state index >= 15 is 0 Å². The number of likely N-dealkylation sites (N-methyl/N-ethyl adjacent to an activating group) is 1. The monoisotopic (exact) mass is 264 g/mol. The van der Waals surface area contributed by atoms with E-state index in [0.717, 1.165) is 22.4 Å². The Morgan fingerprint density at radius 2 is 1.79 bits per heavy atom. The van der Waals surface area contributed by atoms with Gasteiger partial charge in [-0.05, 0) is 37.6 Å². The molecule has 1 aromatic rings. The molecule has 0 fully saturated rings. The molecule has 0 heterocycles. The Balaban J connectivity index is 2.85. The molecule has 0 spiro atoms. The summed E-state index contributed by atoms with van der Waals surface area (Å²) >= 11 is 0. The molecule has 0 aliphatic rings. The predicted molar refractivity (Wildman–Crippen MR) is 73.9 cm³/mol. The highest BCUT2D eigenvalue weighted by Crippen LogP contribution is 2.22. The molecule has 0 unspecified atom stereocenters. The summed E-state index contributed by atoms with van der Waals surface area (Å²) in [5.41, 5.74) is 3.63. The van der Waals surface area contributed by atoms with E-state index in [2.05, 4.69) is 10.6 Å². The zero-order valence-corrected chi connectivity index (χ0v) is 11.8. The van der Waals surface area contributed by atoms with Crippen LogP contribution in [-0.2, 0) is 20.9 Å². The number of carbonyl (C=O) groups is 2. The third-order valence-electron chi connectivity index (χ3n) is 2.64. The lowest BCUT2D eigenvalue weighted by Gasteiger charge is -2.14. The van der Waals surface area contributed by atoms with E-state index in [0.29, 0.717) is 0 Å². The van der Waals surface area contributed by atoms with Crippen LogP contribution in [0.1, 0.15) is 23.6 Å². The molecule has 5 heteroatoms. The second-order valence-corrected chi connectivity index (χ2v) is 4.46. The van der Waals surface area contributed by atoms with Crippen LogP contribution in [0, 0.1) is 13.8 Å². The van der Waals surface area contributed by atoms with Gasteiger partial charge in [-0.15, -0.1) is 0 Å². The molecule has 0 saturated heterocycles. The van der Waals surface area contributed by atoms with Crippen LogP contribution in [0.15, 0.2) is 12.1 Å². The molecule has 0 bridgehead atoms. The van der Waals surface area contributed by atoms with Gasteiger partial charge in [0.1, 0.15) is 6.61 Å². The van der Waals surface area contributed by atoms with Gasteiger partial charge in [0.25, 0.3) is 0 Å². The maximum atomic E-state index is 11.6. The maximum Gasteiger partial charge on any atom is 0.302 e. The van der Waals surface area contributed by atoms with Crippen LogP contribution in [0.2, 0.25) is 0 Å². The summed E-state index contributed by atoms with van der Waals surface area (Å²) in [7, 11) is 1.72. The summed E-state index contributed by atoms with van der Waals surface area (Å²) in [6, 6.07) is 3.82. The summed E-state index contributed by atoms with van der Waals surface area (Å²) < 4.78 is 4.96. The van der Waals surface area contributed by atoms with E-state index in [9.17, 15) is 9.59 Å². The van der Waals surface area contributed by atoms with Crippen molar-refractivity contribution in [3.05, 3.63) is 28.8 Å². The van der Waals surface area contributed by atoms with Gasteiger partial charge in [-0.2, -0.15) is 0 Å². The summed E-state index contributed by atoms with van der Waals surface area (Å²) in [5.74, 6) is -0.386. The van der Waals surface area contributed by atoms with Gasteiger partial charge in [0, 0.05) is 12.6 Å². The van der Waals surface area contributed by atoms with Crippen LogP contribution in [0.3, 0.4) is 0 Å². The number of anilines is 1. The molecule has 5 nitrogen and oxygen atoms in total. The smallest absolute Gasteiger partial charge is 0.302 e. The molecule has 1 amide bonds. The highest BCUT2D eigenvalue weighted by molar-refractivity contribution is 5.93. The van der Waals surface area contributed by atoms with Crippen molar-refractivity contribution in [2.24, 2.45) is 0 Å². The summed E-state index contributed by atoms with van der Waals surface area (Å²) in [5, 5.41) is 5.66. The van der Waals surface area contributed by atoms with Crippen molar-refractivity contribution in [2.45, 2.75) is 27.4 Å². The standard InChI is InChI=1S/C14H20N2O3/c1-9-5-12(8-19-11(3)17)6-10(2)14(9)16-13(18)7-15-4/h5-6,15H,7-8H2,1-4H3,(H,16,18). The van der Waals surface area contributed by atoms with E-state index in [-0.39, 0.29) is 25.0 Å². The molecule has 0 atom stereocenters. The van der Waals surface area contributed by atoms with Crippen LogP contribution >= 0.6 is 0 Å². The number of amides is 1. The Hall–Kier alpha value is -1.88. The Morgan fingerprint density at radius 1 is 1.21 bits per heavy atom. The quantitative estimate of drug-likeness (QED) is 0.791. The number of hydrogen-bond donors (Lipinski definition) is 2. The van der Waals surface area contributed by atoms with E-state index < -0.39 is 0 Å². The lowest BCUT2D eigenvalue weighted by molar-refractivity contribution is -0.142. The van der Waals surface area contributed by atoms with Crippen molar-refractivity contribution in [2.75, 3.05) is 18.9 Å². The number of aryl methyl sites for hydroxylation is 2. The summed E-state index contributed by atoms with van der Waals surface area (Å²) in [6.45, 7) is 5.74. The van der Waals surface area contributed by atoms with Crippen LogP contribution < -0.4 is 10.6 Å². The fourth-order valence-electron chi connectivity index (χ4n) is 1.86. The minimum absolute atomic E-state index is 0.0820. The normalized spacial score (nSPS) is 10.1. The second-order valence-electron chi connectivity index (χ2n) is 4.46. The van der Waals surface area contributed by atoms with Crippen LogP contribution in [0.25, 0.3) is 0 Å². The fourth-order valence-corrected chi connectivity index (χ4v) is 1.86. The summed E-state index contributed by atoms with van der Waals surface area (Å²) in [4.78, 5) is 22.4. The molecule has 0 saturated carbocycles. The molecular formula is C14H20N2O3. The second kappa shape index (κ2) is 6.89. The van der Waals surface area contributed by atoms with Gasteiger partial charge in [-0.25, -0.2) is 0 Å². The molecule has 104 valence electrons. The molecule has 19 heavy (non-hydrogen) atoms. The average Bonchev–Trinajstić information content (AvgIpc) is 2.31. The predicted octanol–water partition coefficient (Wildman–Crippen LogP) is 1.52. The van der Waals surface area contributed by atoms with Gasteiger partial charge in [-0.3, -0.25) is 9.59 Å². The number of benzene rings is 1. The Morgan fingerprint density at radius 3 is 2.26 bits per heavy atom. The molecule has 2 N–H and O–H groups in total. The lowest BCUT2D eigenvalue weighted by Crippen LogP contribution is -2.25. The SMILES string of the molecule is CNCC(=O)Nc1c(C)cc(COC(C)=O)cc1C. The molecule has 1 aromatic carbocycles. The largest absolute Gasteiger partial charge is 0.461 e. The first-order valence-electron chi connectivity index (χ1n) is 6.12. The van der Waals surface area contributed by atoms with Gasteiger partial charge >= 0.3 is 5.97 Å². The first-order chi connectivity index (χ1) is 8.93. The van der Waals surface area contributed by atoms with E-state index in [1.165, 1.54) is 6.92 Å². The van der Waals surface area contributed by atoms with Crippen molar-refractivity contribution >= 4 is 17.6 Å². The third-order valence-corrected chi connectivity index (χ3v) is 2.64. The molecule has 0 aliphatic heterocycles. The van der Waals surface area contributed by atoms with E-state index in [1.54, 1.807) is 7.05 Å². The third kappa shape index (κ3) is 4.71. The first kappa shape index (κ1) is 15.2. The number of rotatable bonds is 5. The van der Waals surface area contributed by atoms with Crippen molar-refractivity contribution in [1.29, 1.82) is 0 Å². The number of nitrogens with one attached hydrogen (secondary N) is 2. The fraction of sp³-hybridized carbons (Fsp3) is 0.429. The Labute approximate surface area is 113 Å². The zero-order valence-electron chi connectivity index (χ0n) is 11.8. The van der Waals surface area contributed by atoms with Gasteiger partial charge < -0.3 is 15.4 Å². The Bertz CT molecular complexity index is 461. The van der Waals surface area contributed by atoms with Gasteiger partial charge in [0.05, 0.1) is 6.54 Å². The number of ether oxygens (including phenoxy) is 1. The molecule has 0 radical (unpaired) electrons. The van der Waals surface area contributed by atoms with Crippen molar-refractivity contribution < 1.29 is 14.3 Å². The molecular weight excluding hydrogens is 244 g/mol. The van der Waals surface area contributed by atoms with Crippen molar-refractivity contribution in [3.63, 3.8) is 0 Å². The topological polar surface area (TPSA) is 67.4 Å². The van der Waals surface area contributed by atoms with Crippen molar-refractivity contribution in [3.8, 4) is 0 Å². The van der Waals surface area contributed by atoms with Gasteiger partial charge in [0.15, 0.2) is 0 Å². The van der Waals surface area contributed by atoms with E-state index in [1.807, 2.05) is 26.0 Å². The summed E-state index contributed by atoms with van der Waals surface area (Å²) in [6.07, 6.45) is 0. The highest BCUT2D eigenvalue weighted by atomic mass is 16.5. The molecule has 1 rings (SSSR count). The van der Waals surface area contributed by atoms with Crippen LogP contribution in [0.5, 0.6) is 0 Å². The van der Waals surface area contributed by atoms with Crippen LogP contribution in [0.4, 0.5) is 5.69 Å². The van der Waals surface area contributed by atoms with Crippen molar-refractivity contribution in [1.82, 2.24) is 5.32 Å². The maximum absolute atomic E-state index is 11.6.